The first-order valence-electron chi connectivity index (χ1n) is 9.50. The van der Waals surface area contributed by atoms with E-state index in [0.717, 1.165) is 6.54 Å². The zero-order chi connectivity index (χ0) is 19.2. The topological polar surface area (TPSA) is 37.8 Å². The van der Waals surface area contributed by atoms with Crippen molar-refractivity contribution < 1.29 is 0 Å². The number of benzene rings is 2. The smallest absolute Gasteiger partial charge is 0.0273 e. The van der Waals surface area contributed by atoms with Crippen LogP contribution in [0.4, 0.5) is 0 Å². The minimum absolute atomic E-state index is 0.308. The molecule has 2 heterocycles. The number of rotatable bonds is 6. The monoisotopic (exact) mass is 365 g/mol. The summed E-state index contributed by atoms with van der Waals surface area (Å²) in [5, 5.41) is 3.34. The second-order valence-corrected chi connectivity index (χ2v) is 6.83. The molecule has 2 aromatic carbocycles. The Hall–Kier alpha value is -3.30. The van der Waals surface area contributed by atoms with Crippen LogP contribution in [0, 0.1) is 0 Å². The average molecular weight is 365 g/mol. The van der Waals surface area contributed by atoms with Crippen LogP contribution >= 0.6 is 0 Å². The lowest BCUT2D eigenvalue weighted by Gasteiger charge is -2.19. The molecule has 0 saturated heterocycles. The zero-order valence-electron chi connectivity index (χ0n) is 15.9. The highest BCUT2D eigenvalue weighted by molar-refractivity contribution is 5.64. The molecular weight excluding hydrogens is 342 g/mol. The van der Waals surface area contributed by atoms with Crippen LogP contribution in [0.1, 0.15) is 17.0 Å². The third kappa shape index (κ3) is 4.00. The van der Waals surface area contributed by atoms with E-state index in [4.69, 9.17) is 0 Å². The van der Waals surface area contributed by atoms with Gasteiger partial charge in [-0.3, -0.25) is 9.97 Å². The second-order valence-electron chi connectivity index (χ2n) is 6.83. The van der Waals surface area contributed by atoms with Gasteiger partial charge >= 0.3 is 0 Å². The number of nitrogens with one attached hydrogen (secondary N) is 1. The van der Waals surface area contributed by atoms with Crippen LogP contribution < -0.4 is 5.32 Å². The minimum Gasteiger partial charge on any atom is -0.319 e. The quantitative estimate of drug-likeness (QED) is 0.513. The molecular formula is C25H23N3. The van der Waals surface area contributed by atoms with Crippen molar-refractivity contribution in [3.05, 3.63) is 109 Å². The summed E-state index contributed by atoms with van der Waals surface area (Å²) in [4.78, 5) is 8.20. The fourth-order valence-electron chi connectivity index (χ4n) is 3.54. The molecule has 138 valence electrons. The van der Waals surface area contributed by atoms with Crippen molar-refractivity contribution in [1.29, 1.82) is 0 Å². The molecule has 0 radical (unpaired) electrons. The second kappa shape index (κ2) is 8.59. The number of nitrogens with zero attached hydrogens (tertiary/aromatic N) is 2. The Balaban J connectivity index is 1.60. The summed E-state index contributed by atoms with van der Waals surface area (Å²) in [5.41, 5.74) is 7.42. The molecule has 0 saturated carbocycles. The lowest BCUT2D eigenvalue weighted by atomic mass is 9.89. The summed E-state index contributed by atoms with van der Waals surface area (Å²) in [6.45, 7) is 0.892. The Kier molecular flexibility index (Phi) is 5.55. The molecule has 0 aliphatic carbocycles. The van der Waals surface area contributed by atoms with E-state index in [9.17, 15) is 0 Å². The lowest BCUT2D eigenvalue weighted by molar-refractivity contribution is 0.708. The van der Waals surface area contributed by atoms with Gasteiger partial charge in [0.2, 0.25) is 0 Å². The fraction of sp³-hybridized carbons (Fsp3) is 0.120. The zero-order valence-corrected chi connectivity index (χ0v) is 15.9. The van der Waals surface area contributed by atoms with Gasteiger partial charge in [0.25, 0.3) is 0 Å². The Morgan fingerprint density at radius 3 is 1.29 bits per heavy atom. The summed E-state index contributed by atoms with van der Waals surface area (Å²) in [6, 6.07) is 25.9. The lowest BCUT2D eigenvalue weighted by Crippen LogP contribution is -2.18. The van der Waals surface area contributed by atoms with Crippen LogP contribution in [0.2, 0.25) is 0 Å². The van der Waals surface area contributed by atoms with Crippen molar-refractivity contribution in [2.24, 2.45) is 0 Å². The molecule has 0 aliphatic rings. The van der Waals surface area contributed by atoms with Crippen molar-refractivity contribution in [2.75, 3.05) is 13.6 Å². The average Bonchev–Trinajstić information content (AvgIpc) is 2.79. The first-order valence-corrected chi connectivity index (χ1v) is 9.50. The molecule has 0 fully saturated rings. The maximum atomic E-state index is 4.10. The molecule has 1 N–H and O–H groups in total. The summed E-state index contributed by atoms with van der Waals surface area (Å²) in [6.07, 6.45) is 7.32. The van der Waals surface area contributed by atoms with Gasteiger partial charge < -0.3 is 5.32 Å². The summed E-state index contributed by atoms with van der Waals surface area (Å²) < 4.78 is 0. The fourth-order valence-corrected chi connectivity index (χ4v) is 3.54. The standard InChI is InChI=1S/C25H23N3/c1-26-18-25(23-6-2-19(3-7-23)21-10-14-27-15-11-21)24-8-4-20(5-9-24)22-12-16-28-17-13-22/h2-17,25-26H,18H2,1H3. The molecule has 4 rings (SSSR count). The Labute approximate surface area is 166 Å². The van der Waals surface area contributed by atoms with E-state index < -0.39 is 0 Å². The Morgan fingerprint density at radius 2 is 0.929 bits per heavy atom. The molecule has 0 aliphatic heterocycles. The molecule has 0 unspecified atom stereocenters. The van der Waals surface area contributed by atoms with Gasteiger partial charge in [0, 0.05) is 37.3 Å². The van der Waals surface area contributed by atoms with Gasteiger partial charge in [0.05, 0.1) is 0 Å². The van der Waals surface area contributed by atoms with E-state index in [1.165, 1.54) is 33.4 Å². The van der Waals surface area contributed by atoms with Crippen molar-refractivity contribution >= 4 is 0 Å². The van der Waals surface area contributed by atoms with E-state index >= 15 is 0 Å². The number of likely N-dealkylation sites (N-methyl/N-ethyl adjacent to an activating group) is 1. The van der Waals surface area contributed by atoms with E-state index in [2.05, 4.69) is 63.8 Å². The first-order chi connectivity index (χ1) is 13.8. The van der Waals surface area contributed by atoms with E-state index in [1.54, 1.807) is 0 Å². The van der Waals surface area contributed by atoms with E-state index in [1.807, 2.05) is 56.1 Å². The van der Waals surface area contributed by atoms with Crippen molar-refractivity contribution in [1.82, 2.24) is 15.3 Å². The number of pyridine rings is 2. The molecule has 0 amide bonds. The van der Waals surface area contributed by atoms with Crippen molar-refractivity contribution in [2.45, 2.75) is 5.92 Å². The predicted molar refractivity (Wildman–Crippen MR) is 115 cm³/mol. The van der Waals surface area contributed by atoms with Gasteiger partial charge in [-0.15, -0.1) is 0 Å². The van der Waals surface area contributed by atoms with Gasteiger partial charge in [0.1, 0.15) is 0 Å². The van der Waals surface area contributed by atoms with Gasteiger partial charge in [-0.05, 0) is 64.7 Å². The molecule has 28 heavy (non-hydrogen) atoms. The number of aromatic nitrogens is 2. The summed E-state index contributed by atoms with van der Waals surface area (Å²) in [5.74, 6) is 0.308. The maximum Gasteiger partial charge on any atom is 0.0273 e. The molecule has 0 spiro atoms. The van der Waals surface area contributed by atoms with E-state index in [-0.39, 0.29) is 0 Å². The summed E-state index contributed by atoms with van der Waals surface area (Å²) >= 11 is 0. The highest BCUT2D eigenvalue weighted by Gasteiger charge is 2.14. The Morgan fingerprint density at radius 1 is 0.571 bits per heavy atom. The first kappa shape index (κ1) is 18.1. The summed E-state index contributed by atoms with van der Waals surface area (Å²) in [7, 11) is 2.00. The molecule has 2 aromatic heterocycles. The van der Waals surface area contributed by atoms with Crippen LogP contribution in [0.15, 0.2) is 97.6 Å². The van der Waals surface area contributed by atoms with E-state index in [0.29, 0.717) is 5.92 Å². The largest absolute Gasteiger partial charge is 0.319 e. The molecule has 0 atom stereocenters. The normalized spacial score (nSPS) is 10.9. The highest BCUT2D eigenvalue weighted by atomic mass is 14.8. The third-order valence-corrected chi connectivity index (χ3v) is 5.06. The number of hydrogen-bond acceptors (Lipinski definition) is 3. The molecule has 3 nitrogen and oxygen atoms in total. The van der Waals surface area contributed by atoms with Gasteiger partial charge in [-0.25, -0.2) is 0 Å². The third-order valence-electron chi connectivity index (χ3n) is 5.06. The minimum atomic E-state index is 0.308. The van der Waals surface area contributed by atoms with Crippen molar-refractivity contribution in [3.8, 4) is 22.3 Å². The highest BCUT2D eigenvalue weighted by Crippen LogP contribution is 2.29. The van der Waals surface area contributed by atoms with Crippen LogP contribution in [0.3, 0.4) is 0 Å². The Bertz CT molecular complexity index is 912. The van der Waals surface area contributed by atoms with Crippen LogP contribution in [0.5, 0.6) is 0 Å². The number of hydrogen-bond donors (Lipinski definition) is 1. The van der Waals surface area contributed by atoms with Crippen LogP contribution in [-0.4, -0.2) is 23.6 Å². The van der Waals surface area contributed by atoms with Crippen LogP contribution in [0.25, 0.3) is 22.3 Å². The SMILES string of the molecule is CNCC(c1ccc(-c2ccncc2)cc1)c1ccc(-c2ccncc2)cc1. The van der Waals surface area contributed by atoms with Crippen molar-refractivity contribution in [3.63, 3.8) is 0 Å². The predicted octanol–water partition coefficient (Wildman–Crippen LogP) is 5.16. The van der Waals surface area contributed by atoms with Crippen LogP contribution in [-0.2, 0) is 0 Å². The van der Waals surface area contributed by atoms with Gasteiger partial charge in [-0.1, -0.05) is 48.5 Å². The molecule has 0 bridgehead atoms. The molecule has 3 heteroatoms. The van der Waals surface area contributed by atoms with Gasteiger partial charge in [0.15, 0.2) is 0 Å². The van der Waals surface area contributed by atoms with Gasteiger partial charge in [-0.2, -0.15) is 0 Å². The maximum absolute atomic E-state index is 4.10. The molecule has 4 aromatic rings.